The average Bonchev–Trinajstić information content (AvgIpc) is 3.35. The van der Waals surface area contributed by atoms with Crippen LogP contribution >= 0.6 is 0 Å². The predicted octanol–water partition coefficient (Wildman–Crippen LogP) is 8.18. The number of carbonyl (C=O) groups is 4. The van der Waals surface area contributed by atoms with Crippen LogP contribution in [0.2, 0.25) is 0 Å². The van der Waals surface area contributed by atoms with Crippen molar-refractivity contribution in [2.24, 2.45) is 39.4 Å². The molecule has 4 aliphatic rings. The van der Waals surface area contributed by atoms with Gasteiger partial charge in [-0.25, -0.2) is 14.4 Å². The first kappa shape index (κ1) is 39.8. The number of hydrogen-bond acceptors (Lipinski definition) is 8. The lowest BCUT2D eigenvalue weighted by molar-refractivity contribution is -0.216. The molecule has 0 amide bonds. The van der Waals surface area contributed by atoms with Crippen LogP contribution in [0.5, 0.6) is 0 Å². The third-order valence-corrected chi connectivity index (χ3v) is 13.5. The van der Waals surface area contributed by atoms with Crippen LogP contribution in [0.1, 0.15) is 128 Å². The molecule has 0 heterocycles. The number of Topliss-reactive ketones (excluding diaryl/α,β-unsaturated/α-hetero) is 1. The first-order valence-corrected chi connectivity index (χ1v) is 18.7. The van der Waals surface area contributed by atoms with E-state index in [1.807, 2.05) is 6.92 Å². The summed E-state index contributed by atoms with van der Waals surface area (Å²) in [5, 5.41) is 11.2. The van der Waals surface area contributed by atoms with E-state index in [1.165, 1.54) is 29.4 Å². The van der Waals surface area contributed by atoms with Crippen LogP contribution in [0.4, 0.5) is 0 Å². The summed E-state index contributed by atoms with van der Waals surface area (Å²) in [6, 6.07) is 0. The minimum atomic E-state index is -1.50. The monoisotopic (exact) mass is 694 g/mol. The van der Waals surface area contributed by atoms with E-state index >= 15 is 0 Å². The van der Waals surface area contributed by atoms with Crippen molar-refractivity contribution in [3.63, 3.8) is 0 Å². The van der Waals surface area contributed by atoms with Crippen molar-refractivity contribution in [1.29, 1.82) is 0 Å². The molecule has 4 rings (SSSR count). The molecule has 0 aliphatic heterocycles. The van der Waals surface area contributed by atoms with Gasteiger partial charge in [-0.3, -0.25) is 4.79 Å². The fraction of sp³-hybridized carbons (Fsp3) is 0.714. The lowest BCUT2D eigenvalue weighted by atomic mass is 9.36. The molecule has 0 bridgehead atoms. The molecule has 0 aromatic carbocycles. The molecule has 8 nitrogen and oxygen atoms in total. The number of carbonyl (C=O) groups excluding carboxylic acids is 4. The van der Waals surface area contributed by atoms with Gasteiger partial charge < -0.3 is 19.3 Å². The van der Waals surface area contributed by atoms with E-state index in [4.69, 9.17) is 14.2 Å². The van der Waals surface area contributed by atoms with Crippen molar-refractivity contribution in [3.8, 4) is 0 Å². The van der Waals surface area contributed by atoms with Crippen LogP contribution in [-0.4, -0.2) is 52.7 Å². The molecule has 0 radical (unpaired) electrons. The van der Waals surface area contributed by atoms with Gasteiger partial charge in [0, 0.05) is 42.4 Å². The van der Waals surface area contributed by atoms with Crippen molar-refractivity contribution >= 4 is 23.7 Å². The molecular weight excluding hydrogens is 632 g/mol. The van der Waals surface area contributed by atoms with Gasteiger partial charge in [0.05, 0.1) is 5.60 Å². The van der Waals surface area contributed by atoms with E-state index in [9.17, 15) is 24.3 Å². The zero-order valence-electron chi connectivity index (χ0n) is 32.4. The molecule has 1 N–H and O–H groups in total. The topological polar surface area (TPSA) is 116 Å². The first-order chi connectivity index (χ1) is 23.2. The molecule has 50 heavy (non-hydrogen) atoms. The molecule has 9 atom stereocenters. The SMILES string of the molecule is C/C=C/C(=O)O[C@@H](C[C@@H](C)C1=C2C[C@H](OC(=O)/C=C/C)[C@H]3[C@@]4(C)CCC(=O)C(C)(C)[C@@H]4CC[C@]3(C)[C@@]2(C)CC1)[C@@H](OC(=O)/C=C/C)C(C)(C)O. The maximum atomic E-state index is 13.3. The summed E-state index contributed by atoms with van der Waals surface area (Å²) in [5.74, 6) is -1.04. The molecule has 3 fully saturated rings. The second-order valence-corrected chi connectivity index (χ2v) is 17.3. The zero-order valence-corrected chi connectivity index (χ0v) is 32.4. The maximum Gasteiger partial charge on any atom is 0.330 e. The molecule has 8 heteroatoms. The summed E-state index contributed by atoms with van der Waals surface area (Å²) < 4.78 is 18.2. The van der Waals surface area contributed by atoms with Crippen molar-refractivity contribution in [2.75, 3.05) is 0 Å². The molecule has 3 saturated carbocycles. The third kappa shape index (κ3) is 7.07. The van der Waals surface area contributed by atoms with Crippen molar-refractivity contribution in [1.82, 2.24) is 0 Å². The Morgan fingerprint density at radius 1 is 0.880 bits per heavy atom. The summed E-state index contributed by atoms with van der Waals surface area (Å²) in [4.78, 5) is 52.0. The second kappa shape index (κ2) is 14.6. The van der Waals surface area contributed by atoms with Crippen LogP contribution < -0.4 is 0 Å². The van der Waals surface area contributed by atoms with Crippen LogP contribution in [-0.2, 0) is 33.4 Å². The third-order valence-electron chi connectivity index (χ3n) is 13.5. The van der Waals surface area contributed by atoms with E-state index in [1.54, 1.807) is 45.9 Å². The highest BCUT2D eigenvalue weighted by Crippen LogP contribution is 2.74. The van der Waals surface area contributed by atoms with E-state index < -0.39 is 35.2 Å². The van der Waals surface area contributed by atoms with Crippen LogP contribution in [0.25, 0.3) is 0 Å². The molecule has 278 valence electrons. The van der Waals surface area contributed by atoms with E-state index in [0.717, 1.165) is 32.1 Å². The summed E-state index contributed by atoms with van der Waals surface area (Å²) in [7, 11) is 0. The normalized spacial score (nSPS) is 34.2. The fourth-order valence-electron chi connectivity index (χ4n) is 11.1. The first-order valence-electron chi connectivity index (χ1n) is 18.7. The van der Waals surface area contributed by atoms with Crippen molar-refractivity contribution < 1.29 is 38.5 Å². The van der Waals surface area contributed by atoms with Gasteiger partial charge in [-0.15, -0.1) is 0 Å². The summed E-state index contributed by atoms with van der Waals surface area (Å²) in [6.45, 7) is 21.8. The van der Waals surface area contributed by atoms with Gasteiger partial charge in [-0.05, 0) is 101 Å². The number of aliphatic hydroxyl groups is 1. The molecule has 0 saturated heterocycles. The Bertz CT molecular complexity index is 1460. The lowest BCUT2D eigenvalue weighted by Crippen LogP contribution is -2.66. The number of fused-ring (bicyclic) bond motifs is 5. The van der Waals surface area contributed by atoms with Crippen LogP contribution in [0, 0.1) is 39.4 Å². The van der Waals surface area contributed by atoms with Gasteiger partial charge in [0.15, 0.2) is 6.10 Å². The average molecular weight is 695 g/mol. The Labute approximate surface area is 300 Å². The standard InChI is InChI=1S/C42H62O8/c1-12-15-33(44)48-29-25-28-27(26(4)24-30(49-34(45)16-13-2)37(39(7,8)47)50-35(46)17-14-3)18-22-41(28,10)42(11)23-19-31-38(5,6)32(43)20-21-40(31,9)36(29)42/h12-17,26,29-31,36-37,47H,18-25H2,1-11H3/b15-12+,16-13+,17-14+/t26-,29+,30+,31+,36+,37-,40+,41+,42+/m1/s1. The van der Waals surface area contributed by atoms with E-state index in [0.29, 0.717) is 25.0 Å². The quantitative estimate of drug-likeness (QED) is 0.0997. The van der Waals surface area contributed by atoms with Gasteiger partial charge in [0.1, 0.15) is 18.0 Å². The minimum absolute atomic E-state index is 0.0684. The molecule has 0 aromatic heterocycles. The molecular formula is C42H62O8. The van der Waals surface area contributed by atoms with E-state index in [2.05, 4.69) is 41.5 Å². The molecule has 4 aliphatic carbocycles. The highest BCUT2D eigenvalue weighted by Gasteiger charge is 2.70. The Hall–Kier alpha value is -3.00. The molecule has 0 unspecified atom stereocenters. The molecule has 0 aromatic rings. The maximum absolute atomic E-state index is 13.3. The number of ether oxygens (including phenoxy) is 3. The van der Waals surface area contributed by atoms with Crippen molar-refractivity contribution in [3.05, 3.63) is 47.6 Å². The summed E-state index contributed by atoms with van der Waals surface area (Å²) >= 11 is 0. The number of hydrogen-bond donors (Lipinski definition) is 1. The van der Waals surface area contributed by atoms with Gasteiger partial charge in [0.25, 0.3) is 0 Å². The summed E-state index contributed by atoms with van der Waals surface area (Å²) in [6.07, 6.45) is 12.5. The molecule has 0 spiro atoms. The lowest BCUT2D eigenvalue weighted by Gasteiger charge is -2.69. The second-order valence-electron chi connectivity index (χ2n) is 17.3. The number of rotatable bonds is 11. The largest absolute Gasteiger partial charge is 0.459 e. The fourth-order valence-corrected chi connectivity index (χ4v) is 11.1. The Kier molecular flexibility index (Phi) is 11.6. The zero-order chi connectivity index (χ0) is 37.4. The summed E-state index contributed by atoms with van der Waals surface area (Å²) in [5.41, 5.74) is 0.0742. The Balaban J connectivity index is 1.80. The number of esters is 3. The van der Waals surface area contributed by atoms with Crippen molar-refractivity contribution in [2.45, 2.75) is 151 Å². The highest BCUT2D eigenvalue weighted by molar-refractivity contribution is 5.86. The van der Waals surface area contributed by atoms with Gasteiger partial charge >= 0.3 is 17.9 Å². The van der Waals surface area contributed by atoms with Gasteiger partial charge in [-0.1, -0.05) is 70.9 Å². The van der Waals surface area contributed by atoms with Crippen LogP contribution in [0.15, 0.2) is 47.6 Å². The Morgan fingerprint density at radius 2 is 1.46 bits per heavy atom. The van der Waals surface area contributed by atoms with Gasteiger partial charge in [-0.2, -0.15) is 0 Å². The van der Waals surface area contributed by atoms with Gasteiger partial charge in [0.2, 0.25) is 0 Å². The Morgan fingerprint density at radius 3 is 2.04 bits per heavy atom. The number of allylic oxidation sites excluding steroid dienone is 4. The number of ketones is 1. The van der Waals surface area contributed by atoms with Crippen LogP contribution in [0.3, 0.4) is 0 Å². The predicted molar refractivity (Wildman–Crippen MR) is 194 cm³/mol. The highest BCUT2D eigenvalue weighted by atomic mass is 16.6. The van der Waals surface area contributed by atoms with E-state index in [-0.39, 0.29) is 46.1 Å². The minimum Gasteiger partial charge on any atom is -0.459 e. The smallest absolute Gasteiger partial charge is 0.330 e.